The molecular formula is C20H26O3Si. The second-order valence-corrected chi connectivity index (χ2v) is 11.7. The summed E-state index contributed by atoms with van der Waals surface area (Å²) < 4.78 is 5.03. The van der Waals surface area contributed by atoms with Crippen LogP contribution >= 0.6 is 0 Å². The summed E-state index contributed by atoms with van der Waals surface area (Å²) >= 11 is 0. The van der Waals surface area contributed by atoms with Crippen LogP contribution in [0.1, 0.15) is 18.6 Å². The van der Waals surface area contributed by atoms with Crippen molar-refractivity contribution in [1.29, 1.82) is 0 Å². The van der Waals surface area contributed by atoms with Gasteiger partial charge in [0.15, 0.2) is 0 Å². The summed E-state index contributed by atoms with van der Waals surface area (Å²) in [5.41, 5.74) is 0.764. The highest BCUT2D eigenvalue weighted by molar-refractivity contribution is 6.91. The maximum absolute atomic E-state index is 12.5. The quantitative estimate of drug-likeness (QED) is 0.645. The predicted octanol–water partition coefficient (Wildman–Crippen LogP) is 3.51. The Kier molecular flexibility index (Phi) is 5.97. The number of hydrogen-bond acceptors (Lipinski definition) is 3. The average molecular weight is 343 g/mol. The third kappa shape index (κ3) is 3.76. The number of esters is 1. The summed E-state index contributed by atoms with van der Waals surface area (Å²) in [6, 6.07) is 19.6. The van der Waals surface area contributed by atoms with Crippen LogP contribution in [-0.2, 0) is 9.53 Å². The molecule has 0 fully saturated rings. The van der Waals surface area contributed by atoms with Gasteiger partial charge in [-0.3, -0.25) is 4.79 Å². The number of hydrogen-bond donors (Lipinski definition) is 1. The third-order valence-corrected chi connectivity index (χ3v) is 9.61. The van der Waals surface area contributed by atoms with Crippen molar-refractivity contribution >= 4 is 19.2 Å². The van der Waals surface area contributed by atoms with Crippen molar-refractivity contribution in [2.75, 3.05) is 7.11 Å². The van der Waals surface area contributed by atoms with E-state index in [2.05, 4.69) is 32.2 Å². The standard InChI is InChI=1S/C20H26O3Si/c1-15(24(3,4)17-13-9-6-10-14-17)18(20(22)23-2)19(21)16-11-7-5-8-12-16/h5-15,18-19,21H,1-4H3/t15-,18+,19+/m0/s1. The van der Waals surface area contributed by atoms with Crippen molar-refractivity contribution in [3.8, 4) is 0 Å². The van der Waals surface area contributed by atoms with E-state index in [9.17, 15) is 9.90 Å². The Hall–Kier alpha value is -1.91. The molecule has 0 unspecified atom stereocenters. The van der Waals surface area contributed by atoms with Crippen LogP contribution in [0.4, 0.5) is 0 Å². The van der Waals surface area contributed by atoms with Gasteiger partial charge in [-0.2, -0.15) is 0 Å². The van der Waals surface area contributed by atoms with Crippen molar-refractivity contribution in [1.82, 2.24) is 0 Å². The van der Waals surface area contributed by atoms with Crippen molar-refractivity contribution in [2.45, 2.75) is 31.7 Å². The monoisotopic (exact) mass is 342 g/mol. The SMILES string of the molecule is COC(=O)[C@@H]([C@H](O)c1ccccc1)[C@H](C)[Si](C)(C)c1ccccc1. The number of aliphatic hydroxyl groups excluding tert-OH is 1. The molecule has 2 aromatic carbocycles. The maximum atomic E-state index is 12.5. The lowest BCUT2D eigenvalue weighted by Gasteiger charge is -2.37. The van der Waals surface area contributed by atoms with Crippen LogP contribution in [0.3, 0.4) is 0 Å². The highest BCUT2D eigenvalue weighted by Gasteiger charge is 2.43. The van der Waals surface area contributed by atoms with Gasteiger partial charge in [0.05, 0.1) is 27.2 Å². The van der Waals surface area contributed by atoms with Crippen molar-refractivity contribution in [3.05, 3.63) is 66.2 Å². The predicted molar refractivity (Wildman–Crippen MR) is 99.9 cm³/mol. The van der Waals surface area contributed by atoms with Gasteiger partial charge in [0.1, 0.15) is 0 Å². The highest BCUT2D eigenvalue weighted by atomic mass is 28.3. The molecule has 128 valence electrons. The Morgan fingerprint density at radius 3 is 2.00 bits per heavy atom. The summed E-state index contributed by atoms with van der Waals surface area (Å²) in [7, 11) is -0.596. The molecule has 1 N–H and O–H groups in total. The minimum absolute atomic E-state index is 0.0163. The molecule has 0 saturated heterocycles. The Morgan fingerprint density at radius 2 is 1.50 bits per heavy atom. The Balaban J connectivity index is 2.39. The Labute approximate surface area is 145 Å². The van der Waals surface area contributed by atoms with Gasteiger partial charge in [-0.05, 0) is 11.1 Å². The molecule has 3 nitrogen and oxygen atoms in total. The van der Waals surface area contributed by atoms with E-state index in [1.165, 1.54) is 12.3 Å². The summed E-state index contributed by atoms with van der Waals surface area (Å²) in [4.78, 5) is 12.5. The lowest BCUT2D eigenvalue weighted by molar-refractivity contribution is -0.149. The molecule has 0 spiro atoms. The molecule has 0 aliphatic carbocycles. The first-order valence-corrected chi connectivity index (χ1v) is 11.3. The van der Waals surface area contributed by atoms with Gasteiger partial charge in [-0.1, -0.05) is 85.9 Å². The zero-order chi connectivity index (χ0) is 17.7. The molecule has 2 rings (SSSR count). The molecule has 0 bridgehead atoms. The minimum atomic E-state index is -1.98. The van der Waals surface area contributed by atoms with E-state index in [-0.39, 0.29) is 11.5 Å². The average Bonchev–Trinajstić information content (AvgIpc) is 2.62. The fourth-order valence-electron chi connectivity index (χ4n) is 3.18. The van der Waals surface area contributed by atoms with E-state index in [1.54, 1.807) is 0 Å². The molecule has 3 atom stereocenters. The number of carbonyl (C=O) groups excluding carboxylic acids is 1. The molecule has 4 heteroatoms. The lowest BCUT2D eigenvalue weighted by Crippen LogP contribution is -2.50. The molecule has 0 aliphatic heterocycles. The van der Waals surface area contributed by atoms with Gasteiger partial charge in [-0.25, -0.2) is 0 Å². The summed E-state index contributed by atoms with van der Waals surface area (Å²) in [6.07, 6.45) is -0.871. The smallest absolute Gasteiger partial charge is 0.311 e. The topological polar surface area (TPSA) is 46.5 Å². The van der Waals surface area contributed by atoms with Crippen LogP contribution in [0, 0.1) is 5.92 Å². The zero-order valence-electron chi connectivity index (χ0n) is 14.8. The van der Waals surface area contributed by atoms with Crippen LogP contribution in [0.25, 0.3) is 0 Å². The van der Waals surface area contributed by atoms with Crippen LogP contribution in [0.2, 0.25) is 18.6 Å². The molecule has 2 aromatic rings. The maximum Gasteiger partial charge on any atom is 0.311 e. The van der Waals surface area contributed by atoms with Crippen LogP contribution < -0.4 is 5.19 Å². The van der Waals surface area contributed by atoms with Gasteiger partial charge in [0, 0.05) is 0 Å². The van der Waals surface area contributed by atoms with E-state index in [4.69, 9.17) is 4.74 Å². The van der Waals surface area contributed by atoms with E-state index in [0.717, 1.165) is 5.56 Å². The first-order valence-electron chi connectivity index (χ1n) is 8.26. The fourth-order valence-corrected chi connectivity index (χ4v) is 5.97. The number of ether oxygens (including phenoxy) is 1. The van der Waals surface area contributed by atoms with Crippen LogP contribution in [0.15, 0.2) is 60.7 Å². The Morgan fingerprint density at radius 1 is 1.00 bits per heavy atom. The number of aliphatic hydroxyl groups is 1. The van der Waals surface area contributed by atoms with Gasteiger partial charge in [-0.15, -0.1) is 0 Å². The summed E-state index contributed by atoms with van der Waals surface area (Å²) in [6.45, 7) is 6.54. The fraction of sp³-hybridized carbons (Fsp3) is 0.350. The highest BCUT2D eigenvalue weighted by Crippen LogP contribution is 2.38. The molecule has 0 aliphatic rings. The number of rotatable bonds is 6. The number of methoxy groups -OCH3 is 1. The normalized spacial score (nSPS) is 15.4. The van der Waals surface area contributed by atoms with Gasteiger partial charge < -0.3 is 9.84 Å². The van der Waals surface area contributed by atoms with Crippen LogP contribution in [0.5, 0.6) is 0 Å². The minimum Gasteiger partial charge on any atom is -0.469 e. The first kappa shape index (κ1) is 18.4. The molecule has 0 saturated carbocycles. The molecule has 24 heavy (non-hydrogen) atoms. The van der Waals surface area contributed by atoms with Gasteiger partial charge in [0.2, 0.25) is 0 Å². The van der Waals surface area contributed by atoms with Crippen LogP contribution in [-0.4, -0.2) is 26.3 Å². The summed E-state index contributed by atoms with van der Waals surface area (Å²) in [5.74, 6) is -0.936. The molecule has 0 radical (unpaired) electrons. The summed E-state index contributed by atoms with van der Waals surface area (Å²) in [5, 5.41) is 12.2. The van der Waals surface area contributed by atoms with Crippen molar-refractivity contribution in [2.24, 2.45) is 5.92 Å². The van der Waals surface area contributed by atoms with Gasteiger partial charge >= 0.3 is 5.97 Å². The third-order valence-electron chi connectivity index (χ3n) is 5.15. The van der Waals surface area contributed by atoms with Gasteiger partial charge in [0.25, 0.3) is 0 Å². The van der Waals surface area contributed by atoms with Crippen molar-refractivity contribution in [3.63, 3.8) is 0 Å². The second kappa shape index (κ2) is 7.77. The van der Waals surface area contributed by atoms with E-state index >= 15 is 0 Å². The van der Waals surface area contributed by atoms with Crippen molar-refractivity contribution < 1.29 is 14.6 Å². The van der Waals surface area contributed by atoms with E-state index in [1.807, 2.05) is 48.5 Å². The first-order chi connectivity index (χ1) is 11.4. The van der Waals surface area contributed by atoms with E-state index < -0.39 is 20.1 Å². The Bertz CT molecular complexity index is 655. The largest absolute Gasteiger partial charge is 0.469 e. The molecule has 0 amide bonds. The second-order valence-electron chi connectivity index (χ2n) is 6.78. The van der Waals surface area contributed by atoms with E-state index in [0.29, 0.717) is 0 Å². The number of benzene rings is 2. The molecular weight excluding hydrogens is 316 g/mol. The number of carbonyl (C=O) groups is 1. The lowest BCUT2D eigenvalue weighted by atomic mass is 9.93. The molecule has 0 heterocycles. The molecule has 0 aromatic heterocycles. The zero-order valence-corrected chi connectivity index (χ0v) is 15.8.